The molecule has 0 aliphatic carbocycles. The molecule has 0 saturated heterocycles. The van der Waals surface area contributed by atoms with E-state index in [4.69, 9.17) is 0 Å². The van der Waals surface area contributed by atoms with E-state index in [0.717, 1.165) is 0 Å². The van der Waals surface area contributed by atoms with Crippen molar-refractivity contribution >= 4 is 5.91 Å². The molecule has 1 heterocycles. The lowest BCUT2D eigenvalue weighted by Crippen LogP contribution is -2.31. The van der Waals surface area contributed by atoms with Gasteiger partial charge in [-0.25, -0.2) is 4.98 Å². The average molecular weight is 182 g/mol. The second-order valence-corrected chi connectivity index (χ2v) is 2.72. The Morgan fingerprint density at radius 1 is 1.46 bits per heavy atom. The molecule has 1 aromatic rings. The number of nitrogens with zero attached hydrogens (tertiary/aromatic N) is 3. The zero-order valence-corrected chi connectivity index (χ0v) is 8.16. The first kappa shape index (κ1) is 9.70. The molecule has 1 amide bonds. The van der Waals surface area contributed by atoms with Crippen LogP contribution < -0.4 is 0 Å². The van der Waals surface area contributed by atoms with Gasteiger partial charge in [-0.1, -0.05) is 0 Å². The summed E-state index contributed by atoms with van der Waals surface area (Å²) in [5, 5.41) is 6.45. The third kappa shape index (κ3) is 2.05. The van der Waals surface area contributed by atoms with E-state index in [1.165, 1.54) is 0 Å². The molecule has 13 heavy (non-hydrogen) atoms. The van der Waals surface area contributed by atoms with Crippen LogP contribution in [-0.4, -0.2) is 39.1 Å². The summed E-state index contributed by atoms with van der Waals surface area (Å²) in [6.07, 6.45) is 0. The number of carbonyl (C=O) groups excluding carboxylic acids is 1. The van der Waals surface area contributed by atoms with E-state index in [9.17, 15) is 4.79 Å². The van der Waals surface area contributed by atoms with Crippen molar-refractivity contribution in [3.8, 4) is 0 Å². The van der Waals surface area contributed by atoms with Crippen molar-refractivity contribution in [1.82, 2.24) is 20.1 Å². The highest BCUT2D eigenvalue weighted by atomic mass is 16.2. The van der Waals surface area contributed by atoms with E-state index in [-0.39, 0.29) is 11.7 Å². The number of amides is 1. The predicted octanol–water partition coefficient (Wildman–Crippen LogP) is 0.595. The number of H-pyrrole nitrogens is 1. The van der Waals surface area contributed by atoms with E-state index >= 15 is 0 Å². The van der Waals surface area contributed by atoms with Gasteiger partial charge < -0.3 is 4.90 Å². The Kier molecular flexibility index (Phi) is 3.00. The van der Waals surface area contributed by atoms with Crippen molar-refractivity contribution in [2.24, 2.45) is 0 Å². The molecule has 1 N–H and O–H groups in total. The molecule has 0 radical (unpaired) electrons. The Morgan fingerprint density at radius 2 is 2.08 bits per heavy atom. The standard InChI is InChI=1S/C8H14N4O/c1-4-12(5-2)8(13)7-9-6(3)10-11-7/h4-5H2,1-3H3,(H,9,10,11). The first-order valence-electron chi connectivity index (χ1n) is 4.37. The highest BCUT2D eigenvalue weighted by molar-refractivity contribution is 5.90. The van der Waals surface area contributed by atoms with Gasteiger partial charge in [0, 0.05) is 13.1 Å². The van der Waals surface area contributed by atoms with Crippen LogP contribution in [0.3, 0.4) is 0 Å². The number of rotatable bonds is 3. The van der Waals surface area contributed by atoms with Crippen molar-refractivity contribution in [3.05, 3.63) is 11.6 Å². The molecule has 0 unspecified atom stereocenters. The van der Waals surface area contributed by atoms with Crippen LogP contribution in [0.5, 0.6) is 0 Å². The molecule has 1 aromatic heterocycles. The van der Waals surface area contributed by atoms with Crippen LogP contribution in [0, 0.1) is 6.92 Å². The monoisotopic (exact) mass is 182 g/mol. The predicted molar refractivity (Wildman–Crippen MR) is 48.4 cm³/mol. The molecule has 0 fully saturated rings. The van der Waals surface area contributed by atoms with Gasteiger partial charge in [-0.2, -0.15) is 0 Å². The first-order valence-corrected chi connectivity index (χ1v) is 4.37. The minimum atomic E-state index is -0.116. The van der Waals surface area contributed by atoms with Crippen molar-refractivity contribution in [2.75, 3.05) is 13.1 Å². The molecule has 0 saturated carbocycles. The molecular formula is C8H14N4O. The number of hydrogen-bond donors (Lipinski definition) is 1. The summed E-state index contributed by atoms with van der Waals surface area (Å²) in [5.41, 5.74) is 0. The molecule has 72 valence electrons. The van der Waals surface area contributed by atoms with E-state index in [1.807, 2.05) is 13.8 Å². The maximum absolute atomic E-state index is 11.6. The van der Waals surface area contributed by atoms with E-state index in [0.29, 0.717) is 18.9 Å². The molecule has 1 rings (SSSR count). The van der Waals surface area contributed by atoms with Gasteiger partial charge in [0.2, 0.25) is 5.82 Å². The Bertz CT molecular complexity index is 290. The maximum atomic E-state index is 11.6. The fraction of sp³-hybridized carbons (Fsp3) is 0.625. The highest BCUT2D eigenvalue weighted by Crippen LogP contribution is 1.98. The maximum Gasteiger partial charge on any atom is 0.293 e. The van der Waals surface area contributed by atoms with Crippen LogP contribution in [-0.2, 0) is 0 Å². The van der Waals surface area contributed by atoms with Crippen molar-refractivity contribution in [3.63, 3.8) is 0 Å². The first-order chi connectivity index (χ1) is 6.19. The van der Waals surface area contributed by atoms with Gasteiger partial charge in [-0.05, 0) is 20.8 Å². The van der Waals surface area contributed by atoms with Crippen molar-refractivity contribution in [2.45, 2.75) is 20.8 Å². The number of aromatic amines is 1. The van der Waals surface area contributed by atoms with Crippen LogP contribution in [0.15, 0.2) is 0 Å². The van der Waals surface area contributed by atoms with E-state index in [1.54, 1.807) is 11.8 Å². The van der Waals surface area contributed by atoms with Gasteiger partial charge in [0.15, 0.2) is 0 Å². The van der Waals surface area contributed by atoms with Crippen molar-refractivity contribution < 1.29 is 4.79 Å². The molecule has 5 nitrogen and oxygen atoms in total. The molecule has 0 spiro atoms. The summed E-state index contributed by atoms with van der Waals surface area (Å²) in [4.78, 5) is 17.3. The van der Waals surface area contributed by atoms with Crippen LogP contribution in [0.25, 0.3) is 0 Å². The molecule has 0 aromatic carbocycles. The van der Waals surface area contributed by atoms with Gasteiger partial charge in [0.25, 0.3) is 5.91 Å². The molecule has 0 bridgehead atoms. The van der Waals surface area contributed by atoms with Gasteiger partial charge in [0.05, 0.1) is 0 Å². The number of nitrogens with one attached hydrogen (secondary N) is 1. The Balaban J connectivity index is 2.78. The van der Waals surface area contributed by atoms with E-state index < -0.39 is 0 Å². The van der Waals surface area contributed by atoms with Gasteiger partial charge in [-0.15, -0.1) is 5.10 Å². The molecule has 0 aliphatic heterocycles. The smallest absolute Gasteiger partial charge is 0.293 e. The number of carbonyl (C=O) groups is 1. The number of aromatic nitrogens is 3. The zero-order chi connectivity index (χ0) is 9.84. The van der Waals surface area contributed by atoms with Gasteiger partial charge >= 0.3 is 0 Å². The second-order valence-electron chi connectivity index (χ2n) is 2.72. The van der Waals surface area contributed by atoms with Crippen LogP contribution in [0.4, 0.5) is 0 Å². The third-order valence-corrected chi connectivity index (χ3v) is 1.84. The molecule has 5 heteroatoms. The zero-order valence-electron chi connectivity index (χ0n) is 8.16. The van der Waals surface area contributed by atoms with Gasteiger partial charge in [0.1, 0.15) is 5.82 Å². The second kappa shape index (κ2) is 4.02. The number of hydrogen-bond acceptors (Lipinski definition) is 3. The lowest BCUT2D eigenvalue weighted by atomic mass is 10.4. The van der Waals surface area contributed by atoms with Crippen LogP contribution in [0.2, 0.25) is 0 Å². The lowest BCUT2D eigenvalue weighted by Gasteiger charge is -2.15. The lowest BCUT2D eigenvalue weighted by molar-refractivity contribution is 0.0761. The fourth-order valence-corrected chi connectivity index (χ4v) is 1.09. The van der Waals surface area contributed by atoms with Crippen molar-refractivity contribution in [1.29, 1.82) is 0 Å². The Labute approximate surface area is 77.2 Å². The topological polar surface area (TPSA) is 61.9 Å². The largest absolute Gasteiger partial charge is 0.336 e. The Hall–Kier alpha value is -1.39. The summed E-state index contributed by atoms with van der Waals surface area (Å²) >= 11 is 0. The quantitative estimate of drug-likeness (QED) is 0.744. The van der Waals surface area contributed by atoms with E-state index in [2.05, 4.69) is 15.2 Å². The highest BCUT2D eigenvalue weighted by Gasteiger charge is 2.16. The average Bonchev–Trinajstić information content (AvgIpc) is 2.54. The van der Waals surface area contributed by atoms with Crippen LogP contribution >= 0.6 is 0 Å². The molecule has 0 aliphatic rings. The SMILES string of the molecule is CCN(CC)C(=O)c1n[nH]c(C)n1. The molecule has 0 atom stereocenters. The minimum absolute atomic E-state index is 0.116. The molecular weight excluding hydrogens is 168 g/mol. The summed E-state index contributed by atoms with van der Waals surface area (Å²) in [6, 6.07) is 0. The van der Waals surface area contributed by atoms with Gasteiger partial charge in [-0.3, -0.25) is 9.89 Å². The summed E-state index contributed by atoms with van der Waals surface area (Å²) in [6.45, 7) is 7.00. The third-order valence-electron chi connectivity index (χ3n) is 1.84. The summed E-state index contributed by atoms with van der Waals surface area (Å²) in [7, 11) is 0. The summed E-state index contributed by atoms with van der Waals surface area (Å²) < 4.78 is 0. The van der Waals surface area contributed by atoms with Crippen LogP contribution in [0.1, 0.15) is 30.3 Å². The normalized spacial score (nSPS) is 10.1. The minimum Gasteiger partial charge on any atom is -0.336 e. The summed E-state index contributed by atoms with van der Waals surface area (Å²) in [5.74, 6) is 0.797. The number of aryl methyl sites for hydroxylation is 1. The fourth-order valence-electron chi connectivity index (χ4n) is 1.09. The Morgan fingerprint density at radius 3 is 2.46 bits per heavy atom.